The van der Waals surface area contributed by atoms with Crippen molar-refractivity contribution in [3.05, 3.63) is 66.4 Å². The molecule has 0 saturated heterocycles. The van der Waals surface area contributed by atoms with Crippen LogP contribution in [0.15, 0.2) is 60.9 Å². The third kappa shape index (κ3) is 12.5. The number of esters is 1. The predicted octanol–water partition coefficient (Wildman–Crippen LogP) is 9.14. The molecule has 4 nitrogen and oxygen atoms in total. The maximum Gasteiger partial charge on any atom is 0.343 e. The van der Waals surface area contributed by atoms with Gasteiger partial charge < -0.3 is 14.2 Å². The van der Waals surface area contributed by atoms with Crippen molar-refractivity contribution in [2.75, 3.05) is 6.61 Å². The Bertz CT molecular complexity index is 839. The molecule has 2 aromatic carbocycles. The number of unbranched alkanes of at least 4 members (excludes halogenated alkanes) is 7. The Morgan fingerprint density at radius 3 is 2.17 bits per heavy atom. The molecule has 0 saturated carbocycles. The standard InChI is InChI=1S/C31H44O4/c1-4-6-7-8-9-10-13-24-34-29-20-22-30(23-21-29)35-31(32)27-16-18-28(19-17-27)33-25-14-11-12-15-26(3)5-2/h13,16-24,26H,4-12,14-15,25H2,1-3H3/b24-13+/t26-/m0/s1. The molecule has 0 N–H and O–H groups in total. The number of ether oxygens (including phenoxy) is 3. The Morgan fingerprint density at radius 1 is 0.800 bits per heavy atom. The number of allylic oxidation sites excluding steroid dienone is 1. The molecular formula is C31H44O4. The van der Waals surface area contributed by atoms with Crippen molar-refractivity contribution in [2.45, 2.75) is 91.4 Å². The van der Waals surface area contributed by atoms with Gasteiger partial charge in [-0.1, -0.05) is 72.1 Å². The average Bonchev–Trinajstić information content (AvgIpc) is 2.88. The van der Waals surface area contributed by atoms with Gasteiger partial charge in [-0.25, -0.2) is 4.79 Å². The van der Waals surface area contributed by atoms with Gasteiger partial charge in [-0.15, -0.1) is 0 Å². The van der Waals surface area contributed by atoms with Crippen LogP contribution in [0.5, 0.6) is 17.2 Å². The second kappa shape index (κ2) is 17.7. The van der Waals surface area contributed by atoms with E-state index in [-0.39, 0.29) is 0 Å². The Morgan fingerprint density at radius 2 is 1.46 bits per heavy atom. The summed E-state index contributed by atoms with van der Waals surface area (Å²) in [6, 6.07) is 14.2. The van der Waals surface area contributed by atoms with E-state index in [1.54, 1.807) is 42.7 Å². The van der Waals surface area contributed by atoms with Gasteiger partial charge in [0.05, 0.1) is 18.4 Å². The van der Waals surface area contributed by atoms with E-state index < -0.39 is 5.97 Å². The SMILES string of the molecule is CCCCCCC/C=C/Oc1ccc(OC(=O)c2ccc(OCCCCC[C@@H](C)CC)cc2)cc1. The lowest BCUT2D eigenvalue weighted by atomic mass is 10.0. The molecule has 0 amide bonds. The van der Waals surface area contributed by atoms with Crippen molar-refractivity contribution in [3.63, 3.8) is 0 Å². The van der Waals surface area contributed by atoms with Gasteiger partial charge in [0.15, 0.2) is 0 Å². The maximum absolute atomic E-state index is 12.5. The molecule has 0 radical (unpaired) electrons. The summed E-state index contributed by atoms with van der Waals surface area (Å²) in [7, 11) is 0. The molecule has 0 bridgehead atoms. The van der Waals surface area contributed by atoms with Crippen molar-refractivity contribution in [1.82, 2.24) is 0 Å². The molecular weight excluding hydrogens is 436 g/mol. The van der Waals surface area contributed by atoms with E-state index in [1.807, 2.05) is 12.1 Å². The third-order valence-electron chi connectivity index (χ3n) is 6.21. The van der Waals surface area contributed by atoms with Crippen LogP contribution >= 0.6 is 0 Å². The van der Waals surface area contributed by atoms with E-state index in [4.69, 9.17) is 14.2 Å². The highest BCUT2D eigenvalue weighted by atomic mass is 16.5. The molecule has 0 aliphatic heterocycles. The lowest BCUT2D eigenvalue weighted by Crippen LogP contribution is -2.08. The first kappa shape index (κ1) is 28.5. The average molecular weight is 481 g/mol. The second-order valence-electron chi connectivity index (χ2n) is 9.29. The number of carbonyl (C=O) groups excluding carboxylic acids is 1. The van der Waals surface area contributed by atoms with Gasteiger partial charge in [-0.3, -0.25) is 0 Å². The molecule has 2 aromatic rings. The van der Waals surface area contributed by atoms with Gasteiger partial charge >= 0.3 is 5.97 Å². The predicted molar refractivity (Wildman–Crippen MR) is 144 cm³/mol. The summed E-state index contributed by atoms with van der Waals surface area (Å²) in [5, 5.41) is 0. The summed E-state index contributed by atoms with van der Waals surface area (Å²) < 4.78 is 16.9. The topological polar surface area (TPSA) is 44.8 Å². The minimum absolute atomic E-state index is 0.391. The molecule has 4 heteroatoms. The van der Waals surface area contributed by atoms with Crippen LogP contribution in [-0.4, -0.2) is 12.6 Å². The minimum atomic E-state index is -0.391. The van der Waals surface area contributed by atoms with E-state index in [9.17, 15) is 4.79 Å². The first-order valence-electron chi connectivity index (χ1n) is 13.5. The quantitative estimate of drug-likeness (QED) is 0.0923. The molecule has 0 fully saturated rings. The summed E-state index contributed by atoms with van der Waals surface area (Å²) in [5.41, 5.74) is 0.494. The third-order valence-corrected chi connectivity index (χ3v) is 6.21. The molecule has 192 valence electrons. The van der Waals surface area contributed by atoms with E-state index in [0.29, 0.717) is 23.7 Å². The van der Waals surface area contributed by atoms with Crippen molar-refractivity contribution in [1.29, 1.82) is 0 Å². The number of hydrogen-bond acceptors (Lipinski definition) is 4. The summed E-state index contributed by atoms with van der Waals surface area (Å²) in [4.78, 5) is 12.5. The van der Waals surface area contributed by atoms with Crippen molar-refractivity contribution in [3.8, 4) is 17.2 Å². The molecule has 0 unspecified atom stereocenters. The Kier molecular flexibility index (Phi) is 14.4. The van der Waals surface area contributed by atoms with Gasteiger partial charge in [0.25, 0.3) is 0 Å². The molecule has 35 heavy (non-hydrogen) atoms. The first-order chi connectivity index (χ1) is 17.1. The van der Waals surface area contributed by atoms with Gasteiger partial charge in [0, 0.05) is 0 Å². The number of hydrogen-bond donors (Lipinski definition) is 0. The fourth-order valence-corrected chi connectivity index (χ4v) is 3.67. The summed E-state index contributed by atoms with van der Waals surface area (Å²) in [6.07, 6.45) is 17.2. The second-order valence-corrected chi connectivity index (χ2v) is 9.29. The van der Waals surface area contributed by atoms with Gasteiger partial charge in [0.1, 0.15) is 17.2 Å². The normalized spacial score (nSPS) is 12.0. The Balaban J connectivity index is 1.66. The zero-order valence-electron chi connectivity index (χ0n) is 22.0. The van der Waals surface area contributed by atoms with Crippen LogP contribution in [0.25, 0.3) is 0 Å². The minimum Gasteiger partial charge on any atom is -0.494 e. The number of benzene rings is 2. The fourth-order valence-electron chi connectivity index (χ4n) is 3.67. The summed E-state index contributed by atoms with van der Waals surface area (Å²) >= 11 is 0. The Labute approximate surface area is 212 Å². The van der Waals surface area contributed by atoms with Crippen LogP contribution in [0.3, 0.4) is 0 Å². The smallest absolute Gasteiger partial charge is 0.343 e. The maximum atomic E-state index is 12.5. The van der Waals surface area contributed by atoms with Crippen molar-refractivity contribution in [2.24, 2.45) is 5.92 Å². The van der Waals surface area contributed by atoms with Crippen molar-refractivity contribution < 1.29 is 19.0 Å². The van der Waals surface area contributed by atoms with Crippen LogP contribution in [-0.2, 0) is 0 Å². The van der Waals surface area contributed by atoms with E-state index in [1.165, 1.54) is 57.8 Å². The van der Waals surface area contributed by atoms with E-state index in [0.717, 1.165) is 24.5 Å². The monoisotopic (exact) mass is 480 g/mol. The van der Waals surface area contributed by atoms with Crippen LogP contribution in [0.1, 0.15) is 102 Å². The Hall–Kier alpha value is -2.75. The first-order valence-corrected chi connectivity index (χ1v) is 13.5. The van der Waals surface area contributed by atoms with Crippen LogP contribution in [0.2, 0.25) is 0 Å². The van der Waals surface area contributed by atoms with Gasteiger partial charge in [-0.05, 0) is 79.8 Å². The highest BCUT2D eigenvalue weighted by Crippen LogP contribution is 2.20. The molecule has 0 heterocycles. The zero-order valence-corrected chi connectivity index (χ0v) is 22.0. The van der Waals surface area contributed by atoms with E-state index >= 15 is 0 Å². The molecule has 0 aromatic heterocycles. The fraction of sp³-hybridized carbons (Fsp3) is 0.516. The molecule has 0 spiro atoms. The van der Waals surface area contributed by atoms with Crippen LogP contribution < -0.4 is 14.2 Å². The van der Waals surface area contributed by atoms with Crippen LogP contribution in [0.4, 0.5) is 0 Å². The number of rotatable bonds is 18. The van der Waals surface area contributed by atoms with Gasteiger partial charge in [-0.2, -0.15) is 0 Å². The van der Waals surface area contributed by atoms with Gasteiger partial charge in [0.2, 0.25) is 0 Å². The van der Waals surface area contributed by atoms with Crippen LogP contribution in [0, 0.1) is 5.92 Å². The molecule has 2 rings (SSSR count). The zero-order chi connectivity index (χ0) is 25.1. The highest BCUT2D eigenvalue weighted by Gasteiger charge is 2.09. The highest BCUT2D eigenvalue weighted by molar-refractivity contribution is 5.91. The lowest BCUT2D eigenvalue weighted by Gasteiger charge is -2.09. The summed E-state index contributed by atoms with van der Waals surface area (Å²) in [5.74, 6) is 2.40. The number of carbonyl (C=O) groups is 1. The molecule has 0 aliphatic rings. The summed E-state index contributed by atoms with van der Waals surface area (Å²) in [6.45, 7) is 7.48. The largest absolute Gasteiger partial charge is 0.494 e. The molecule has 1 atom stereocenters. The lowest BCUT2D eigenvalue weighted by molar-refractivity contribution is 0.0734. The van der Waals surface area contributed by atoms with Crippen molar-refractivity contribution >= 4 is 5.97 Å². The molecule has 0 aliphatic carbocycles. The van der Waals surface area contributed by atoms with E-state index in [2.05, 4.69) is 26.8 Å².